The fourth-order valence-electron chi connectivity index (χ4n) is 1.16. The van der Waals surface area contributed by atoms with E-state index in [4.69, 9.17) is 5.73 Å². The van der Waals surface area contributed by atoms with Crippen LogP contribution in [0.5, 0.6) is 0 Å². The van der Waals surface area contributed by atoms with E-state index < -0.39 is 0 Å². The zero-order chi connectivity index (χ0) is 10.4. The summed E-state index contributed by atoms with van der Waals surface area (Å²) in [6, 6.07) is 3.49. The third kappa shape index (κ3) is 3.46. The number of rotatable bonds is 5. The number of amides is 1. The van der Waals surface area contributed by atoms with E-state index in [1.54, 1.807) is 12.1 Å². The molecule has 14 heavy (non-hydrogen) atoms. The van der Waals surface area contributed by atoms with Gasteiger partial charge in [0.1, 0.15) is 6.54 Å². The van der Waals surface area contributed by atoms with Gasteiger partial charge in [0.05, 0.1) is 5.56 Å². The molecule has 0 saturated carbocycles. The minimum Gasteiger partial charge on any atom is -0.366 e. The SMILES string of the molecule is NC(=O)c1cc[n+](CCCCBr)cc1. The number of hydrogen-bond acceptors (Lipinski definition) is 1. The van der Waals surface area contributed by atoms with Gasteiger partial charge in [0, 0.05) is 23.9 Å². The van der Waals surface area contributed by atoms with Crippen LogP contribution in [0.3, 0.4) is 0 Å². The van der Waals surface area contributed by atoms with Crippen molar-refractivity contribution in [2.45, 2.75) is 19.4 Å². The molecular formula is C10H14BrN2O+. The molecule has 0 bridgehead atoms. The highest BCUT2D eigenvalue weighted by molar-refractivity contribution is 9.09. The first-order valence-electron chi connectivity index (χ1n) is 4.59. The first-order valence-corrected chi connectivity index (χ1v) is 5.71. The zero-order valence-corrected chi connectivity index (χ0v) is 9.53. The van der Waals surface area contributed by atoms with Crippen LogP contribution in [0.4, 0.5) is 0 Å². The van der Waals surface area contributed by atoms with Crippen LogP contribution in [0.25, 0.3) is 0 Å². The Morgan fingerprint density at radius 2 is 2.00 bits per heavy atom. The van der Waals surface area contributed by atoms with Gasteiger partial charge < -0.3 is 5.73 Å². The second kappa shape index (κ2) is 5.75. The van der Waals surface area contributed by atoms with Gasteiger partial charge in [-0.05, 0) is 6.42 Å². The Balaban J connectivity index is 2.51. The van der Waals surface area contributed by atoms with E-state index in [1.807, 2.05) is 12.4 Å². The van der Waals surface area contributed by atoms with Crippen molar-refractivity contribution in [2.24, 2.45) is 5.73 Å². The number of aromatic nitrogens is 1. The second-order valence-electron chi connectivity index (χ2n) is 3.08. The Morgan fingerprint density at radius 3 is 2.50 bits per heavy atom. The van der Waals surface area contributed by atoms with E-state index in [9.17, 15) is 4.79 Å². The van der Waals surface area contributed by atoms with E-state index >= 15 is 0 Å². The molecule has 0 spiro atoms. The molecule has 0 atom stereocenters. The summed E-state index contributed by atoms with van der Waals surface area (Å²) in [5.41, 5.74) is 5.69. The molecule has 1 aromatic rings. The maximum atomic E-state index is 10.8. The second-order valence-corrected chi connectivity index (χ2v) is 3.88. The molecule has 1 aromatic heterocycles. The number of hydrogen-bond donors (Lipinski definition) is 1. The molecule has 0 fully saturated rings. The van der Waals surface area contributed by atoms with Gasteiger partial charge in [0.25, 0.3) is 0 Å². The van der Waals surface area contributed by atoms with Crippen molar-refractivity contribution in [3.63, 3.8) is 0 Å². The summed E-state index contributed by atoms with van der Waals surface area (Å²) in [6.45, 7) is 0.977. The normalized spacial score (nSPS) is 10.1. The van der Waals surface area contributed by atoms with Gasteiger partial charge >= 0.3 is 0 Å². The molecule has 0 radical (unpaired) electrons. The molecule has 1 rings (SSSR count). The van der Waals surface area contributed by atoms with Crippen LogP contribution in [-0.2, 0) is 6.54 Å². The predicted molar refractivity (Wildman–Crippen MR) is 58.2 cm³/mol. The maximum Gasteiger partial charge on any atom is 0.249 e. The van der Waals surface area contributed by atoms with Crippen LogP contribution in [0.1, 0.15) is 23.2 Å². The monoisotopic (exact) mass is 257 g/mol. The number of nitrogens with zero attached hydrogens (tertiary/aromatic N) is 1. The number of primary amides is 1. The van der Waals surface area contributed by atoms with Gasteiger partial charge in [0.2, 0.25) is 5.91 Å². The van der Waals surface area contributed by atoms with Crippen molar-refractivity contribution in [3.8, 4) is 0 Å². The van der Waals surface area contributed by atoms with E-state index in [0.29, 0.717) is 5.56 Å². The Labute approximate surface area is 92.1 Å². The molecule has 0 saturated heterocycles. The Kier molecular flexibility index (Phi) is 4.59. The van der Waals surface area contributed by atoms with E-state index in [2.05, 4.69) is 20.5 Å². The first-order chi connectivity index (χ1) is 6.74. The number of pyridine rings is 1. The van der Waals surface area contributed by atoms with Gasteiger partial charge in [-0.15, -0.1) is 0 Å². The van der Waals surface area contributed by atoms with Crippen LogP contribution in [0, 0.1) is 0 Å². The molecule has 0 unspecified atom stereocenters. The smallest absolute Gasteiger partial charge is 0.249 e. The van der Waals surface area contributed by atoms with Gasteiger partial charge in [-0.3, -0.25) is 4.79 Å². The summed E-state index contributed by atoms with van der Waals surface area (Å²) in [6.07, 6.45) is 6.05. The molecule has 0 aliphatic rings. The van der Waals surface area contributed by atoms with Crippen molar-refractivity contribution in [1.29, 1.82) is 0 Å². The highest BCUT2D eigenvalue weighted by Crippen LogP contribution is 1.95. The third-order valence-corrected chi connectivity index (χ3v) is 2.54. The number of carbonyl (C=O) groups excluding carboxylic acids is 1. The molecule has 1 amide bonds. The molecule has 3 nitrogen and oxygen atoms in total. The Bertz CT molecular complexity index is 297. The van der Waals surface area contributed by atoms with E-state index in [0.717, 1.165) is 24.7 Å². The average molecular weight is 258 g/mol. The van der Waals surface area contributed by atoms with Crippen molar-refractivity contribution in [3.05, 3.63) is 30.1 Å². The lowest BCUT2D eigenvalue weighted by atomic mass is 10.2. The molecule has 76 valence electrons. The molecule has 0 aromatic carbocycles. The Hall–Kier alpha value is -0.900. The summed E-state index contributed by atoms with van der Waals surface area (Å²) in [7, 11) is 0. The number of nitrogens with two attached hydrogens (primary N) is 1. The van der Waals surface area contributed by atoms with Crippen molar-refractivity contribution in [2.75, 3.05) is 5.33 Å². The lowest BCUT2D eigenvalue weighted by Crippen LogP contribution is -2.33. The summed E-state index contributed by atoms with van der Waals surface area (Å²) < 4.78 is 2.05. The van der Waals surface area contributed by atoms with Crippen LogP contribution in [0.2, 0.25) is 0 Å². The van der Waals surface area contributed by atoms with Gasteiger partial charge in [-0.25, -0.2) is 4.57 Å². The van der Waals surface area contributed by atoms with Crippen LogP contribution in [0.15, 0.2) is 24.5 Å². The molecule has 0 aliphatic heterocycles. The van der Waals surface area contributed by atoms with E-state index in [-0.39, 0.29) is 5.91 Å². The highest BCUT2D eigenvalue weighted by Gasteiger charge is 2.03. The minimum absolute atomic E-state index is 0.377. The molecule has 4 heteroatoms. The average Bonchev–Trinajstić information content (AvgIpc) is 2.19. The molecule has 0 aliphatic carbocycles. The van der Waals surface area contributed by atoms with Crippen LogP contribution in [-0.4, -0.2) is 11.2 Å². The quantitative estimate of drug-likeness (QED) is 0.482. The minimum atomic E-state index is -0.377. The maximum absolute atomic E-state index is 10.8. The topological polar surface area (TPSA) is 47.0 Å². The standard InChI is InChI=1S/C10H13BrN2O/c11-5-1-2-6-13-7-3-9(4-8-13)10(12)14/h3-4,7-8H,1-2,5-6H2,(H-,12,14)/p+1. The van der Waals surface area contributed by atoms with E-state index in [1.165, 1.54) is 0 Å². The fourth-order valence-corrected chi connectivity index (χ4v) is 1.56. The van der Waals surface area contributed by atoms with Gasteiger partial charge in [0.15, 0.2) is 12.4 Å². The van der Waals surface area contributed by atoms with Crippen molar-refractivity contribution >= 4 is 21.8 Å². The van der Waals surface area contributed by atoms with Crippen molar-refractivity contribution in [1.82, 2.24) is 0 Å². The first kappa shape index (κ1) is 11.2. The summed E-state index contributed by atoms with van der Waals surface area (Å²) in [4.78, 5) is 10.8. The highest BCUT2D eigenvalue weighted by atomic mass is 79.9. The number of carbonyl (C=O) groups is 1. The third-order valence-electron chi connectivity index (χ3n) is 1.98. The number of aryl methyl sites for hydroxylation is 1. The summed E-state index contributed by atoms with van der Waals surface area (Å²) >= 11 is 3.38. The fraction of sp³-hybridized carbons (Fsp3) is 0.400. The largest absolute Gasteiger partial charge is 0.366 e. The number of halogens is 1. The lowest BCUT2D eigenvalue weighted by molar-refractivity contribution is -0.697. The molecular weight excluding hydrogens is 244 g/mol. The van der Waals surface area contributed by atoms with Gasteiger partial charge in [-0.2, -0.15) is 0 Å². The summed E-state index contributed by atoms with van der Waals surface area (Å²) in [5, 5.41) is 1.03. The number of unbranched alkanes of at least 4 members (excludes halogenated alkanes) is 1. The van der Waals surface area contributed by atoms with Crippen LogP contribution >= 0.6 is 15.9 Å². The predicted octanol–water partition coefficient (Wildman–Crippen LogP) is 1.25. The number of alkyl halides is 1. The van der Waals surface area contributed by atoms with Crippen LogP contribution < -0.4 is 10.3 Å². The Morgan fingerprint density at radius 1 is 1.36 bits per heavy atom. The zero-order valence-electron chi connectivity index (χ0n) is 7.95. The van der Waals surface area contributed by atoms with Crippen molar-refractivity contribution < 1.29 is 9.36 Å². The summed E-state index contributed by atoms with van der Waals surface area (Å²) in [5.74, 6) is -0.377. The molecule has 1 heterocycles. The van der Waals surface area contributed by atoms with Gasteiger partial charge in [-0.1, -0.05) is 15.9 Å². The molecule has 2 N–H and O–H groups in total. The lowest BCUT2D eigenvalue weighted by Gasteiger charge is -1.96.